The highest BCUT2D eigenvalue weighted by Crippen LogP contribution is 2.59. The first-order chi connectivity index (χ1) is 15.4. The van der Waals surface area contributed by atoms with Crippen molar-refractivity contribution >= 4 is 35.1 Å². The van der Waals surface area contributed by atoms with Crippen LogP contribution in [-0.4, -0.2) is 34.2 Å². The molecule has 4 fully saturated rings. The molecule has 4 aliphatic carbocycles. The Labute approximate surface area is 190 Å². The van der Waals surface area contributed by atoms with E-state index in [-0.39, 0.29) is 29.1 Å². The number of ether oxygens (including phenoxy) is 1. The quantitative estimate of drug-likeness (QED) is 0.505. The summed E-state index contributed by atoms with van der Waals surface area (Å²) in [6.45, 7) is 1.88. The van der Waals surface area contributed by atoms with Crippen LogP contribution in [0.5, 0.6) is 0 Å². The Morgan fingerprint density at radius 3 is 2.22 bits per heavy atom. The van der Waals surface area contributed by atoms with Gasteiger partial charge in [-0.05, 0) is 87.5 Å². The summed E-state index contributed by atoms with van der Waals surface area (Å²) in [4.78, 5) is 41.0. The number of rotatable bonds is 4. The molecule has 0 spiro atoms. The normalized spacial score (nSPS) is 30.2. The highest BCUT2D eigenvalue weighted by Gasteiger charge is 2.56. The van der Waals surface area contributed by atoms with Crippen LogP contribution in [0.3, 0.4) is 0 Å². The molecule has 5 aliphatic rings. The molecule has 4 saturated carbocycles. The van der Waals surface area contributed by atoms with Crippen molar-refractivity contribution in [3.8, 4) is 0 Å². The maximum absolute atomic E-state index is 13.7. The number of fused-ring (bicyclic) bond motifs is 1. The first-order valence-electron chi connectivity index (χ1n) is 11.3. The van der Waals surface area contributed by atoms with Crippen LogP contribution in [0.25, 0.3) is 0 Å². The summed E-state index contributed by atoms with van der Waals surface area (Å²) in [5, 5.41) is 5.15. The Morgan fingerprint density at radius 2 is 1.66 bits per heavy atom. The van der Waals surface area contributed by atoms with Crippen molar-refractivity contribution in [1.82, 2.24) is 9.78 Å². The molecule has 2 heterocycles. The smallest absolute Gasteiger partial charge is 0.359 e. The van der Waals surface area contributed by atoms with Crippen LogP contribution in [0.1, 0.15) is 76.8 Å². The Bertz CT molecular complexity index is 1120. The Kier molecular flexibility index (Phi) is 4.31. The SMILES string of the molecule is CCOC(=O)c1nn(C23CC4CC(CC(C4)C2)C3)c2c1C(=O)N(c1ccc(Cl)cc1)C2=O. The molecule has 7 rings (SSSR count). The first-order valence-corrected chi connectivity index (χ1v) is 11.7. The van der Waals surface area contributed by atoms with Crippen LogP contribution < -0.4 is 4.90 Å². The van der Waals surface area contributed by atoms with E-state index in [0.29, 0.717) is 28.5 Å². The molecule has 8 heteroatoms. The summed E-state index contributed by atoms with van der Waals surface area (Å²) in [6.07, 6.45) is 6.53. The van der Waals surface area contributed by atoms with E-state index in [2.05, 4.69) is 5.10 Å². The van der Waals surface area contributed by atoms with Gasteiger partial charge in [0.15, 0.2) is 5.69 Å². The molecular formula is C24H24ClN3O4. The lowest BCUT2D eigenvalue weighted by Gasteiger charge is -2.56. The largest absolute Gasteiger partial charge is 0.461 e. The zero-order chi connectivity index (χ0) is 22.2. The van der Waals surface area contributed by atoms with Crippen LogP contribution in [0.15, 0.2) is 24.3 Å². The predicted octanol–water partition coefficient (Wildman–Crippen LogP) is 4.44. The molecule has 7 nitrogen and oxygen atoms in total. The van der Waals surface area contributed by atoms with Crippen LogP contribution in [0.4, 0.5) is 5.69 Å². The number of hydrogen-bond acceptors (Lipinski definition) is 5. The van der Waals surface area contributed by atoms with Gasteiger partial charge < -0.3 is 4.74 Å². The molecular weight excluding hydrogens is 430 g/mol. The lowest BCUT2D eigenvalue weighted by Crippen LogP contribution is -2.53. The maximum Gasteiger partial charge on any atom is 0.359 e. The average molecular weight is 454 g/mol. The molecule has 0 saturated heterocycles. The molecule has 0 unspecified atom stereocenters. The third-order valence-corrected chi connectivity index (χ3v) is 7.97. The fraction of sp³-hybridized carbons (Fsp3) is 0.500. The van der Waals surface area contributed by atoms with E-state index in [1.807, 2.05) is 0 Å². The second-order valence-corrected chi connectivity index (χ2v) is 10.2. The fourth-order valence-electron chi connectivity index (χ4n) is 6.96. The molecule has 1 aromatic carbocycles. The van der Waals surface area contributed by atoms with Gasteiger partial charge in [0.1, 0.15) is 11.3 Å². The van der Waals surface area contributed by atoms with Gasteiger partial charge in [0.2, 0.25) is 0 Å². The number of carbonyl (C=O) groups is 3. The van der Waals surface area contributed by atoms with E-state index in [1.165, 1.54) is 19.3 Å². The summed E-state index contributed by atoms with van der Waals surface area (Å²) in [5.41, 5.74) is 0.365. The highest BCUT2D eigenvalue weighted by atomic mass is 35.5. The second-order valence-electron chi connectivity index (χ2n) is 9.77. The summed E-state index contributed by atoms with van der Waals surface area (Å²) in [6, 6.07) is 6.54. The topological polar surface area (TPSA) is 81.5 Å². The molecule has 4 bridgehead atoms. The summed E-state index contributed by atoms with van der Waals surface area (Å²) in [5.74, 6) is 0.217. The second kappa shape index (κ2) is 6.91. The zero-order valence-electron chi connectivity index (χ0n) is 17.8. The van der Waals surface area contributed by atoms with E-state index in [9.17, 15) is 14.4 Å². The van der Waals surface area contributed by atoms with Gasteiger partial charge in [0, 0.05) is 5.02 Å². The zero-order valence-corrected chi connectivity index (χ0v) is 18.6. The van der Waals surface area contributed by atoms with Crippen molar-refractivity contribution in [3.05, 3.63) is 46.2 Å². The number of aromatic nitrogens is 2. The summed E-state index contributed by atoms with van der Waals surface area (Å²) in [7, 11) is 0. The monoisotopic (exact) mass is 453 g/mol. The molecule has 1 aromatic heterocycles. The van der Waals surface area contributed by atoms with Crippen molar-refractivity contribution < 1.29 is 19.1 Å². The lowest BCUT2D eigenvalue weighted by atomic mass is 9.53. The van der Waals surface area contributed by atoms with Gasteiger partial charge in [-0.3, -0.25) is 14.3 Å². The standard InChI is InChI=1S/C24H24ClN3O4/c1-2-32-23(31)19-18-20(22(30)27(21(18)29)17-5-3-16(25)4-6-17)28(26-19)24-10-13-7-14(11-24)9-15(8-13)12-24/h3-6,13-15H,2,7-12H2,1H3. The Balaban J connectivity index is 1.51. The molecule has 32 heavy (non-hydrogen) atoms. The van der Waals surface area contributed by atoms with Crippen molar-refractivity contribution in [1.29, 1.82) is 0 Å². The molecule has 1 aliphatic heterocycles. The Morgan fingerprint density at radius 1 is 1.06 bits per heavy atom. The number of benzene rings is 1. The minimum atomic E-state index is -0.661. The first kappa shape index (κ1) is 20.0. The fourth-order valence-corrected chi connectivity index (χ4v) is 7.09. The Hall–Kier alpha value is -2.67. The number of hydrogen-bond donors (Lipinski definition) is 0. The van der Waals surface area contributed by atoms with E-state index in [4.69, 9.17) is 16.3 Å². The van der Waals surface area contributed by atoms with E-state index >= 15 is 0 Å². The average Bonchev–Trinajstić information content (AvgIpc) is 3.26. The lowest BCUT2D eigenvalue weighted by molar-refractivity contribution is -0.0503. The van der Waals surface area contributed by atoms with Crippen molar-refractivity contribution in [2.75, 3.05) is 11.5 Å². The molecule has 0 N–H and O–H groups in total. The van der Waals surface area contributed by atoms with Crippen LogP contribution in [-0.2, 0) is 10.3 Å². The number of halogens is 1. The highest BCUT2D eigenvalue weighted by molar-refractivity contribution is 6.36. The number of anilines is 1. The number of amides is 2. The summed E-state index contributed by atoms with van der Waals surface area (Å²) < 4.78 is 6.97. The number of carbonyl (C=O) groups excluding carboxylic acids is 3. The van der Waals surface area contributed by atoms with Gasteiger partial charge in [-0.1, -0.05) is 11.6 Å². The van der Waals surface area contributed by atoms with E-state index in [0.717, 1.165) is 24.2 Å². The number of nitrogens with zero attached hydrogens (tertiary/aromatic N) is 3. The molecule has 2 amide bonds. The molecule has 2 aromatic rings. The molecule has 0 atom stereocenters. The third-order valence-electron chi connectivity index (χ3n) is 7.72. The van der Waals surface area contributed by atoms with Crippen molar-refractivity contribution in [3.63, 3.8) is 0 Å². The van der Waals surface area contributed by atoms with E-state index < -0.39 is 17.8 Å². The number of esters is 1. The van der Waals surface area contributed by atoms with Gasteiger partial charge in [-0.15, -0.1) is 0 Å². The minimum Gasteiger partial charge on any atom is -0.461 e. The maximum atomic E-state index is 13.7. The van der Waals surface area contributed by atoms with Gasteiger partial charge in [-0.2, -0.15) is 5.10 Å². The van der Waals surface area contributed by atoms with Gasteiger partial charge in [0.05, 0.1) is 17.8 Å². The van der Waals surface area contributed by atoms with Crippen LogP contribution in [0.2, 0.25) is 5.02 Å². The third kappa shape index (κ3) is 2.73. The number of imide groups is 1. The van der Waals surface area contributed by atoms with Crippen molar-refractivity contribution in [2.24, 2.45) is 17.8 Å². The summed E-state index contributed by atoms with van der Waals surface area (Å²) >= 11 is 6.00. The molecule has 0 radical (unpaired) electrons. The predicted molar refractivity (Wildman–Crippen MR) is 117 cm³/mol. The van der Waals surface area contributed by atoms with Gasteiger partial charge in [-0.25, -0.2) is 9.69 Å². The van der Waals surface area contributed by atoms with Crippen LogP contribution in [0, 0.1) is 17.8 Å². The van der Waals surface area contributed by atoms with Gasteiger partial charge in [0.25, 0.3) is 11.8 Å². The van der Waals surface area contributed by atoms with E-state index in [1.54, 1.807) is 35.9 Å². The van der Waals surface area contributed by atoms with Gasteiger partial charge >= 0.3 is 5.97 Å². The molecule has 166 valence electrons. The minimum absolute atomic E-state index is 0.0487. The van der Waals surface area contributed by atoms with Crippen molar-refractivity contribution in [2.45, 2.75) is 51.0 Å². The van der Waals surface area contributed by atoms with Crippen LogP contribution >= 0.6 is 11.6 Å².